The predicted octanol–water partition coefficient (Wildman–Crippen LogP) is 3.38. The highest BCUT2D eigenvalue weighted by atomic mass is 15.3. The zero-order chi connectivity index (χ0) is 13.9. The Kier molecular flexibility index (Phi) is 4.08. The molecule has 2 heterocycles. The fraction of sp³-hybridized carbons (Fsp3) is 0.750. The van der Waals surface area contributed by atoms with Crippen LogP contribution >= 0.6 is 0 Å². The molecule has 0 spiro atoms. The van der Waals surface area contributed by atoms with E-state index in [-0.39, 0.29) is 0 Å². The minimum atomic E-state index is 0.710. The van der Waals surface area contributed by atoms with Gasteiger partial charge in [0.2, 0.25) is 5.95 Å². The topological polar surface area (TPSA) is 41.1 Å². The summed E-state index contributed by atoms with van der Waals surface area (Å²) in [6, 6.07) is 2.86. The van der Waals surface area contributed by atoms with Crippen molar-refractivity contribution < 1.29 is 0 Å². The Morgan fingerprint density at radius 2 is 2.00 bits per heavy atom. The van der Waals surface area contributed by atoms with E-state index in [0.29, 0.717) is 6.04 Å². The van der Waals surface area contributed by atoms with Crippen LogP contribution in [0.4, 0.5) is 11.8 Å². The molecule has 110 valence electrons. The van der Waals surface area contributed by atoms with Gasteiger partial charge < -0.3 is 10.2 Å². The maximum absolute atomic E-state index is 4.74. The van der Waals surface area contributed by atoms with Gasteiger partial charge in [0.25, 0.3) is 0 Å². The molecule has 1 saturated carbocycles. The summed E-state index contributed by atoms with van der Waals surface area (Å²) in [4.78, 5) is 11.8. The van der Waals surface area contributed by atoms with Crippen LogP contribution in [0.1, 0.15) is 51.1 Å². The third kappa shape index (κ3) is 2.74. The Bertz CT molecular complexity index is 458. The van der Waals surface area contributed by atoms with Gasteiger partial charge in [-0.2, -0.15) is 4.98 Å². The summed E-state index contributed by atoms with van der Waals surface area (Å²) in [6.07, 6.45) is 8.25. The van der Waals surface area contributed by atoms with Gasteiger partial charge in [0.1, 0.15) is 5.82 Å². The van der Waals surface area contributed by atoms with E-state index in [1.54, 1.807) is 0 Å². The van der Waals surface area contributed by atoms with E-state index >= 15 is 0 Å². The summed E-state index contributed by atoms with van der Waals surface area (Å²) >= 11 is 0. The molecule has 0 bridgehead atoms. The highest BCUT2D eigenvalue weighted by Crippen LogP contribution is 2.37. The molecule has 1 aliphatic heterocycles. The lowest BCUT2D eigenvalue weighted by molar-refractivity contribution is 0.242. The molecule has 0 amide bonds. The number of nitrogens with zero attached hydrogens (tertiary/aromatic N) is 3. The monoisotopic (exact) mass is 274 g/mol. The van der Waals surface area contributed by atoms with E-state index in [2.05, 4.69) is 35.1 Å². The molecule has 4 nitrogen and oxygen atoms in total. The van der Waals surface area contributed by atoms with Gasteiger partial charge in [0.05, 0.1) is 0 Å². The normalized spacial score (nSPS) is 26.2. The van der Waals surface area contributed by atoms with Gasteiger partial charge in [-0.05, 0) is 45.4 Å². The Morgan fingerprint density at radius 1 is 1.20 bits per heavy atom. The standard InChI is InChI=1S/C16H26N4/c1-3-17-16-18-12(2)11-15(19-16)20-10-6-8-13-7-4-5-9-14(13)20/h11,13-14H,3-10H2,1-2H3,(H,17,18,19). The van der Waals surface area contributed by atoms with Crippen molar-refractivity contribution in [3.8, 4) is 0 Å². The summed E-state index contributed by atoms with van der Waals surface area (Å²) < 4.78 is 0. The van der Waals surface area contributed by atoms with Crippen molar-refractivity contribution in [3.63, 3.8) is 0 Å². The van der Waals surface area contributed by atoms with Gasteiger partial charge in [0.15, 0.2) is 0 Å². The Balaban J connectivity index is 1.86. The molecular formula is C16H26N4. The SMILES string of the molecule is CCNc1nc(C)cc(N2CCCC3CCCCC32)n1. The van der Waals surface area contributed by atoms with Gasteiger partial charge >= 0.3 is 0 Å². The number of hydrogen-bond acceptors (Lipinski definition) is 4. The van der Waals surface area contributed by atoms with Crippen molar-refractivity contribution in [1.29, 1.82) is 0 Å². The van der Waals surface area contributed by atoms with Crippen LogP contribution in [0.25, 0.3) is 0 Å². The van der Waals surface area contributed by atoms with Gasteiger partial charge in [-0.25, -0.2) is 4.98 Å². The molecule has 2 atom stereocenters. The minimum Gasteiger partial charge on any atom is -0.354 e. The second kappa shape index (κ2) is 5.98. The molecule has 0 radical (unpaired) electrons. The van der Waals surface area contributed by atoms with E-state index in [4.69, 9.17) is 4.98 Å². The zero-order valence-corrected chi connectivity index (χ0v) is 12.7. The van der Waals surface area contributed by atoms with Crippen molar-refractivity contribution in [2.24, 2.45) is 5.92 Å². The molecule has 2 unspecified atom stereocenters. The maximum atomic E-state index is 4.74. The molecule has 20 heavy (non-hydrogen) atoms. The lowest BCUT2D eigenvalue weighted by Gasteiger charge is -2.44. The number of aryl methyl sites for hydroxylation is 1. The van der Waals surface area contributed by atoms with Gasteiger partial charge in [-0.1, -0.05) is 12.8 Å². The van der Waals surface area contributed by atoms with Gasteiger partial charge in [-0.3, -0.25) is 0 Å². The van der Waals surface area contributed by atoms with Crippen LogP contribution < -0.4 is 10.2 Å². The van der Waals surface area contributed by atoms with Crippen LogP contribution in [-0.4, -0.2) is 29.1 Å². The van der Waals surface area contributed by atoms with Crippen molar-refractivity contribution in [1.82, 2.24) is 9.97 Å². The Morgan fingerprint density at radius 3 is 2.85 bits per heavy atom. The van der Waals surface area contributed by atoms with E-state index in [0.717, 1.165) is 36.5 Å². The number of fused-ring (bicyclic) bond motifs is 1. The molecule has 2 fully saturated rings. The second-order valence-electron chi connectivity index (χ2n) is 6.17. The molecule has 2 aliphatic rings. The Labute approximate surface area is 122 Å². The molecule has 1 N–H and O–H groups in total. The fourth-order valence-electron chi connectivity index (χ4n) is 3.85. The number of anilines is 2. The highest BCUT2D eigenvalue weighted by Gasteiger charge is 2.34. The molecule has 1 saturated heterocycles. The van der Waals surface area contributed by atoms with Crippen molar-refractivity contribution in [3.05, 3.63) is 11.8 Å². The van der Waals surface area contributed by atoms with Gasteiger partial charge in [0, 0.05) is 30.9 Å². The average molecular weight is 274 g/mol. The molecular weight excluding hydrogens is 248 g/mol. The first kappa shape index (κ1) is 13.7. The number of rotatable bonds is 3. The summed E-state index contributed by atoms with van der Waals surface area (Å²) in [5.41, 5.74) is 1.06. The van der Waals surface area contributed by atoms with Gasteiger partial charge in [-0.15, -0.1) is 0 Å². The smallest absolute Gasteiger partial charge is 0.224 e. The van der Waals surface area contributed by atoms with Crippen LogP contribution in [0.3, 0.4) is 0 Å². The molecule has 1 aromatic rings. The molecule has 4 heteroatoms. The lowest BCUT2D eigenvalue weighted by Crippen LogP contribution is -2.47. The van der Waals surface area contributed by atoms with Crippen molar-refractivity contribution in [2.45, 2.75) is 58.4 Å². The molecule has 3 rings (SSSR count). The van der Waals surface area contributed by atoms with E-state index < -0.39 is 0 Å². The first-order chi connectivity index (χ1) is 9.78. The third-order valence-corrected chi connectivity index (χ3v) is 4.71. The number of aromatic nitrogens is 2. The van der Waals surface area contributed by atoms with Crippen LogP contribution in [0.5, 0.6) is 0 Å². The second-order valence-corrected chi connectivity index (χ2v) is 6.17. The summed E-state index contributed by atoms with van der Waals surface area (Å²) in [5.74, 6) is 2.79. The summed E-state index contributed by atoms with van der Waals surface area (Å²) in [6.45, 7) is 6.18. The quantitative estimate of drug-likeness (QED) is 0.917. The number of nitrogens with one attached hydrogen (secondary N) is 1. The summed E-state index contributed by atoms with van der Waals surface area (Å²) in [7, 11) is 0. The van der Waals surface area contributed by atoms with E-state index in [1.165, 1.54) is 38.5 Å². The summed E-state index contributed by atoms with van der Waals surface area (Å²) in [5, 5.41) is 3.25. The first-order valence-corrected chi connectivity index (χ1v) is 8.14. The zero-order valence-electron chi connectivity index (χ0n) is 12.7. The van der Waals surface area contributed by atoms with Crippen molar-refractivity contribution >= 4 is 11.8 Å². The molecule has 1 aliphatic carbocycles. The van der Waals surface area contributed by atoms with Crippen LogP contribution in [-0.2, 0) is 0 Å². The minimum absolute atomic E-state index is 0.710. The van der Waals surface area contributed by atoms with E-state index in [1.807, 2.05) is 0 Å². The highest BCUT2D eigenvalue weighted by molar-refractivity contribution is 5.46. The van der Waals surface area contributed by atoms with Crippen LogP contribution in [0.2, 0.25) is 0 Å². The third-order valence-electron chi connectivity index (χ3n) is 4.71. The van der Waals surface area contributed by atoms with E-state index in [9.17, 15) is 0 Å². The molecule has 1 aromatic heterocycles. The average Bonchev–Trinajstić information content (AvgIpc) is 2.46. The first-order valence-electron chi connectivity index (χ1n) is 8.14. The van der Waals surface area contributed by atoms with Crippen molar-refractivity contribution in [2.75, 3.05) is 23.3 Å². The van der Waals surface area contributed by atoms with Crippen LogP contribution in [0, 0.1) is 12.8 Å². The van der Waals surface area contributed by atoms with Crippen LogP contribution in [0.15, 0.2) is 6.07 Å². The largest absolute Gasteiger partial charge is 0.354 e. The predicted molar refractivity (Wildman–Crippen MR) is 83.3 cm³/mol. The number of hydrogen-bond donors (Lipinski definition) is 1. The fourth-order valence-corrected chi connectivity index (χ4v) is 3.85. The lowest BCUT2D eigenvalue weighted by atomic mass is 9.78. The Hall–Kier alpha value is -1.32. The maximum Gasteiger partial charge on any atom is 0.224 e. The molecule has 0 aromatic carbocycles. The number of piperidine rings is 1.